The predicted molar refractivity (Wildman–Crippen MR) is 97.7 cm³/mol. The highest BCUT2D eigenvalue weighted by Gasteiger charge is 2.36. The monoisotopic (exact) mass is 344 g/mol. The van der Waals surface area contributed by atoms with Crippen LogP contribution in [0.25, 0.3) is 0 Å². The zero-order valence-corrected chi connectivity index (χ0v) is 14.8. The number of urea groups is 1. The van der Waals surface area contributed by atoms with Crippen molar-refractivity contribution >= 4 is 17.4 Å². The van der Waals surface area contributed by atoms with Gasteiger partial charge in [0.25, 0.3) is 0 Å². The Balaban J connectivity index is 1.51. The summed E-state index contributed by atoms with van der Waals surface area (Å²) >= 11 is 1.73. The average Bonchev–Trinajstić information content (AvgIpc) is 3.30. The summed E-state index contributed by atoms with van der Waals surface area (Å²) in [6.45, 7) is 1.22. The number of rotatable bonds is 6. The van der Waals surface area contributed by atoms with Gasteiger partial charge in [-0.25, -0.2) is 4.79 Å². The Bertz CT molecular complexity index is 647. The van der Waals surface area contributed by atoms with Crippen molar-refractivity contribution in [1.82, 2.24) is 10.6 Å². The first kappa shape index (κ1) is 16.8. The molecule has 1 saturated carbocycles. The topological polar surface area (TPSA) is 50.4 Å². The molecule has 0 aliphatic heterocycles. The zero-order valence-electron chi connectivity index (χ0n) is 14.0. The fourth-order valence-corrected chi connectivity index (χ4v) is 4.20. The largest absolute Gasteiger partial charge is 0.497 e. The maximum atomic E-state index is 12.2. The molecule has 4 nitrogen and oxygen atoms in total. The van der Waals surface area contributed by atoms with Crippen molar-refractivity contribution in [3.8, 4) is 5.75 Å². The molecule has 2 amide bonds. The van der Waals surface area contributed by atoms with E-state index in [-0.39, 0.29) is 11.4 Å². The van der Waals surface area contributed by atoms with Gasteiger partial charge in [0.05, 0.1) is 7.11 Å². The van der Waals surface area contributed by atoms with Gasteiger partial charge < -0.3 is 15.4 Å². The van der Waals surface area contributed by atoms with E-state index in [1.165, 1.54) is 18.4 Å². The van der Waals surface area contributed by atoms with E-state index in [9.17, 15) is 4.79 Å². The third kappa shape index (κ3) is 3.90. The average molecular weight is 344 g/mol. The first-order valence-corrected chi connectivity index (χ1v) is 9.33. The van der Waals surface area contributed by atoms with Gasteiger partial charge in [-0.05, 0) is 52.9 Å². The second kappa shape index (κ2) is 7.71. The first-order chi connectivity index (χ1) is 11.7. The molecule has 5 heteroatoms. The van der Waals surface area contributed by atoms with Crippen molar-refractivity contribution in [2.45, 2.75) is 37.6 Å². The van der Waals surface area contributed by atoms with Gasteiger partial charge in [-0.3, -0.25) is 0 Å². The van der Waals surface area contributed by atoms with Gasteiger partial charge in [0.1, 0.15) is 5.75 Å². The number of hydrogen-bond acceptors (Lipinski definition) is 3. The van der Waals surface area contributed by atoms with Gasteiger partial charge in [-0.15, -0.1) is 0 Å². The highest BCUT2D eigenvalue weighted by Crippen LogP contribution is 2.41. The van der Waals surface area contributed by atoms with Crippen LogP contribution >= 0.6 is 11.3 Å². The van der Waals surface area contributed by atoms with Crippen LogP contribution in [0.1, 0.15) is 36.8 Å². The molecule has 0 bridgehead atoms. The fraction of sp³-hybridized carbons (Fsp3) is 0.421. The third-order valence-corrected chi connectivity index (χ3v) is 5.58. The number of hydrogen-bond donors (Lipinski definition) is 2. The van der Waals surface area contributed by atoms with Gasteiger partial charge in [0.15, 0.2) is 0 Å². The highest BCUT2D eigenvalue weighted by molar-refractivity contribution is 7.08. The van der Waals surface area contributed by atoms with Gasteiger partial charge >= 0.3 is 6.03 Å². The van der Waals surface area contributed by atoms with E-state index in [0.29, 0.717) is 13.1 Å². The van der Waals surface area contributed by atoms with E-state index in [1.54, 1.807) is 18.4 Å². The summed E-state index contributed by atoms with van der Waals surface area (Å²) in [5.74, 6) is 0.821. The standard InChI is InChI=1S/C19H24N2O2S/c1-23-17-6-4-15(5-7-17)12-20-18(22)21-14-19(9-2-3-10-19)16-8-11-24-13-16/h4-8,11,13H,2-3,9-10,12,14H2,1H3,(H2,20,21,22). The van der Waals surface area contributed by atoms with E-state index in [4.69, 9.17) is 4.74 Å². The number of carbonyl (C=O) groups is 1. The number of ether oxygens (including phenoxy) is 1. The number of methoxy groups -OCH3 is 1. The number of nitrogens with one attached hydrogen (secondary N) is 2. The lowest BCUT2D eigenvalue weighted by Gasteiger charge is -2.28. The van der Waals surface area contributed by atoms with E-state index in [0.717, 1.165) is 24.2 Å². The Labute approximate surface area is 147 Å². The molecule has 3 rings (SSSR count). The second-order valence-corrected chi connectivity index (χ2v) is 7.16. The van der Waals surface area contributed by atoms with Crippen LogP contribution in [0.4, 0.5) is 4.79 Å². The molecule has 0 atom stereocenters. The Morgan fingerprint density at radius 2 is 1.92 bits per heavy atom. The number of benzene rings is 1. The Morgan fingerprint density at radius 1 is 1.17 bits per heavy atom. The quantitative estimate of drug-likeness (QED) is 0.830. The van der Waals surface area contributed by atoms with Crippen LogP contribution in [0.2, 0.25) is 0 Å². The molecule has 2 N–H and O–H groups in total. The second-order valence-electron chi connectivity index (χ2n) is 6.38. The van der Waals surface area contributed by atoms with Crippen molar-refractivity contribution in [1.29, 1.82) is 0 Å². The molecule has 1 aromatic heterocycles. The first-order valence-electron chi connectivity index (χ1n) is 8.39. The summed E-state index contributed by atoms with van der Waals surface area (Å²) in [5, 5.41) is 10.4. The van der Waals surface area contributed by atoms with Crippen LogP contribution in [0.3, 0.4) is 0 Å². The SMILES string of the molecule is COc1ccc(CNC(=O)NCC2(c3ccsc3)CCCC2)cc1. The zero-order chi connectivity index (χ0) is 16.8. The van der Waals surface area contributed by atoms with Crippen LogP contribution in [-0.2, 0) is 12.0 Å². The normalized spacial score (nSPS) is 15.9. The molecule has 0 spiro atoms. The van der Waals surface area contributed by atoms with Gasteiger partial charge in [0.2, 0.25) is 0 Å². The molecule has 1 aromatic carbocycles. The van der Waals surface area contributed by atoms with Gasteiger partial charge in [-0.1, -0.05) is 25.0 Å². The number of amides is 2. The van der Waals surface area contributed by atoms with Crippen molar-refractivity contribution in [2.24, 2.45) is 0 Å². The molecule has 1 aliphatic rings. The molecule has 1 heterocycles. The van der Waals surface area contributed by atoms with Crippen molar-refractivity contribution < 1.29 is 9.53 Å². The van der Waals surface area contributed by atoms with Crippen LogP contribution in [-0.4, -0.2) is 19.7 Å². The fourth-order valence-electron chi connectivity index (χ4n) is 3.42. The van der Waals surface area contributed by atoms with E-state index < -0.39 is 0 Å². The summed E-state index contributed by atoms with van der Waals surface area (Å²) in [5.41, 5.74) is 2.55. The lowest BCUT2D eigenvalue weighted by atomic mass is 9.80. The molecule has 24 heavy (non-hydrogen) atoms. The Hall–Kier alpha value is -2.01. The molecule has 1 fully saturated rings. The van der Waals surface area contributed by atoms with Crippen molar-refractivity contribution in [2.75, 3.05) is 13.7 Å². The van der Waals surface area contributed by atoms with Crippen LogP contribution in [0, 0.1) is 0 Å². The number of carbonyl (C=O) groups excluding carboxylic acids is 1. The molecule has 0 saturated heterocycles. The van der Waals surface area contributed by atoms with Gasteiger partial charge in [-0.2, -0.15) is 11.3 Å². The molecule has 1 aliphatic carbocycles. The molecular weight excluding hydrogens is 320 g/mol. The van der Waals surface area contributed by atoms with E-state index in [1.807, 2.05) is 24.3 Å². The summed E-state index contributed by atoms with van der Waals surface area (Å²) in [6.07, 6.45) is 4.79. The van der Waals surface area contributed by atoms with Crippen LogP contribution in [0.15, 0.2) is 41.1 Å². The summed E-state index contributed by atoms with van der Waals surface area (Å²) in [4.78, 5) is 12.2. The molecule has 2 aromatic rings. The lowest BCUT2D eigenvalue weighted by Crippen LogP contribution is -2.43. The predicted octanol–water partition coefficient (Wildman–Crippen LogP) is 4.07. The highest BCUT2D eigenvalue weighted by atomic mass is 32.1. The molecular formula is C19H24N2O2S. The minimum atomic E-state index is -0.104. The minimum Gasteiger partial charge on any atom is -0.497 e. The summed E-state index contributed by atoms with van der Waals surface area (Å²) in [7, 11) is 1.65. The van der Waals surface area contributed by atoms with Crippen LogP contribution < -0.4 is 15.4 Å². The van der Waals surface area contributed by atoms with Crippen molar-refractivity contribution in [3.05, 3.63) is 52.2 Å². The maximum absolute atomic E-state index is 12.2. The molecule has 0 radical (unpaired) electrons. The van der Waals surface area contributed by atoms with Gasteiger partial charge in [0, 0.05) is 18.5 Å². The van der Waals surface area contributed by atoms with Crippen LogP contribution in [0.5, 0.6) is 5.75 Å². The summed E-state index contributed by atoms with van der Waals surface area (Å²) in [6, 6.07) is 9.82. The molecule has 128 valence electrons. The molecule has 0 unspecified atom stereocenters. The maximum Gasteiger partial charge on any atom is 0.315 e. The summed E-state index contributed by atoms with van der Waals surface area (Å²) < 4.78 is 5.14. The smallest absolute Gasteiger partial charge is 0.315 e. The Morgan fingerprint density at radius 3 is 2.54 bits per heavy atom. The van der Waals surface area contributed by atoms with E-state index >= 15 is 0 Å². The lowest BCUT2D eigenvalue weighted by molar-refractivity contribution is 0.236. The Kier molecular flexibility index (Phi) is 5.41. The van der Waals surface area contributed by atoms with Crippen molar-refractivity contribution in [3.63, 3.8) is 0 Å². The minimum absolute atomic E-state index is 0.104. The number of thiophene rings is 1. The van der Waals surface area contributed by atoms with E-state index in [2.05, 4.69) is 27.5 Å². The third-order valence-electron chi connectivity index (χ3n) is 4.89.